The molecule has 19 heavy (non-hydrogen) atoms. The number of hydrogen-bond acceptors (Lipinski definition) is 2. The van der Waals surface area contributed by atoms with Crippen LogP contribution in [0.3, 0.4) is 0 Å². The van der Waals surface area contributed by atoms with Crippen LogP contribution in [0.25, 0.3) is 0 Å². The lowest BCUT2D eigenvalue weighted by atomic mass is 10.1. The van der Waals surface area contributed by atoms with Crippen molar-refractivity contribution >= 4 is 0 Å². The van der Waals surface area contributed by atoms with Gasteiger partial charge in [0, 0.05) is 11.6 Å². The Morgan fingerprint density at radius 1 is 1.11 bits per heavy atom. The van der Waals surface area contributed by atoms with Gasteiger partial charge in [-0.05, 0) is 37.1 Å². The van der Waals surface area contributed by atoms with Crippen LogP contribution >= 0.6 is 0 Å². The van der Waals surface area contributed by atoms with E-state index in [-0.39, 0.29) is 18.5 Å². The average molecular weight is 259 g/mol. The second-order valence-corrected chi connectivity index (χ2v) is 4.71. The van der Waals surface area contributed by atoms with Crippen molar-refractivity contribution in [2.24, 2.45) is 5.73 Å². The molecule has 3 heteroatoms. The molecule has 0 aliphatic rings. The number of halogens is 1. The van der Waals surface area contributed by atoms with Gasteiger partial charge in [0.15, 0.2) is 0 Å². The van der Waals surface area contributed by atoms with Crippen LogP contribution in [0.2, 0.25) is 0 Å². The maximum absolute atomic E-state index is 13.4. The van der Waals surface area contributed by atoms with E-state index in [1.807, 2.05) is 31.2 Å². The number of rotatable bonds is 5. The second kappa shape index (κ2) is 6.34. The zero-order valence-electron chi connectivity index (χ0n) is 11.0. The summed E-state index contributed by atoms with van der Waals surface area (Å²) in [6.07, 6.45) is 0.841. The molecular weight excluding hydrogens is 241 g/mol. The Hall–Kier alpha value is -1.87. The highest BCUT2D eigenvalue weighted by atomic mass is 19.1. The average Bonchev–Trinajstić information content (AvgIpc) is 2.39. The first-order chi connectivity index (χ1) is 9.15. The van der Waals surface area contributed by atoms with E-state index < -0.39 is 0 Å². The first-order valence-electron chi connectivity index (χ1n) is 6.36. The van der Waals surface area contributed by atoms with Crippen LogP contribution in [0.1, 0.15) is 18.1 Å². The fourth-order valence-electron chi connectivity index (χ4n) is 1.87. The van der Waals surface area contributed by atoms with Gasteiger partial charge in [0.25, 0.3) is 0 Å². The van der Waals surface area contributed by atoms with Crippen molar-refractivity contribution in [2.45, 2.75) is 26.0 Å². The van der Waals surface area contributed by atoms with E-state index in [0.29, 0.717) is 5.56 Å². The first-order valence-corrected chi connectivity index (χ1v) is 6.36. The third-order valence-electron chi connectivity index (χ3n) is 2.83. The summed E-state index contributed by atoms with van der Waals surface area (Å²) in [5.74, 6) is 0.493. The summed E-state index contributed by atoms with van der Waals surface area (Å²) in [6.45, 7) is 2.21. The van der Waals surface area contributed by atoms with Crippen LogP contribution in [0.15, 0.2) is 48.5 Å². The van der Waals surface area contributed by atoms with Crippen molar-refractivity contribution in [3.05, 3.63) is 65.5 Å². The number of hydrogen-bond donors (Lipinski definition) is 1. The largest absolute Gasteiger partial charge is 0.489 e. The van der Waals surface area contributed by atoms with E-state index in [2.05, 4.69) is 0 Å². The minimum atomic E-state index is -0.240. The Kier molecular flexibility index (Phi) is 4.53. The Balaban J connectivity index is 1.95. The lowest BCUT2D eigenvalue weighted by Gasteiger charge is -2.09. The van der Waals surface area contributed by atoms with Crippen molar-refractivity contribution in [2.75, 3.05) is 0 Å². The van der Waals surface area contributed by atoms with Crippen LogP contribution in [0.5, 0.6) is 5.75 Å². The molecule has 2 N–H and O–H groups in total. The first kappa shape index (κ1) is 13.6. The molecule has 2 nitrogen and oxygen atoms in total. The van der Waals surface area contributed by atoms with Gasteiger partial charge in [0.05, 0.1) is 0 Å². The molecule has 2 aromatic rings. The fourth-order valence-corrected chi connectivity index (χ4v) is 1.87. The molecule has 0 spiro atoms. The summed E-state index contributed by atoms with van der Waals surface area (Å²) in [7, 11) is 0. The van der Waals surface area contributed by atoms with Crippen molar-refractivity contribution in [1.82, 2.24) is 0 Å². The molecule has 0 radical (unpaired) electrons. The minimum absolute atomic E-state index is 0.144. The number of benzene rings is 2. The Morgan fingerprint density at radius 3 is 2.42 bits per heavy atom. The minimum Gasteiger partial charge on any atom is -0.489 e. The maximum Gasteiger partial charge on any atom is 0.129 e. The highest BCUT2D eigenvalue weighted by molar-refractivity contribution is 5.28. The highest BCUT2D eigenvalue weighted by Crippen LogP contribution is 2.16. The molecule has 0 amide bonds. The molecule has 0 fully saturated rings. The van der Waals surface area contributed by atoms with Crippen LogP contribution < -0.4 is 10.5 Å². The van der Waals surface area contributed by atoms with E-state index in [1.165, 1.54) is 11.6 Å². The summed E-state index contributed by atoms with van der Waals surface area (Å²) in [6, 6.07) is 14.5. The highest BCUT2D eigenvalue weighted by Gasteiger charge is 2.02. The zero-order chi connectivity index (χ0) is 13.7. The summed E-state index contributed by atoms with van der Waals surface area (Å²) in [5.41, 5.74) is 7.47. The van der Waals surface area contributed by atoms with E-state index in [4.69, 9.17) is 10.5 Å². The molecular formula is C16H18FNO. The molecule has 1 atom stereocenters. The summed E-state index contributed by atoms with van der Waals surface area (Å²) in [5, 5.41) is 0. The summed E-state index contributed by atoms with van der Waals surface area (Å²) in [4.78, 5) is 0. The quantitative estimate of drug-likeness (QED) is 0.894. The monoisotopic (exact) mass is 259 g/mol. The van der Waals surface area contributed by atoms with E-state index in [0.717, 1.165) is 12.2 Å². The van der Waals surface area contributed by atoms with Gasteiger partial charge in [-0.25, -0.2) is 4.39 Å². The molecule has 0 heterocycles. The van der Waals surface area contributed by atoms with Gasteiger partial charge < -0.3 is 10.5 Å². The van der Waals surface area contributed by atoms with Gasteiger partial charge in [0.1, 0.15) is 18.2 Å². The van der Waals surface area contributed by atoms with E-state index in [1.54, 1.807) is 18.2 Å². The molecule has 0 saturated carbocycles. The van der Waals surface area contributed by atoms with Crippen LogP contribution in [-0.2, 0) is 13.0 Å². The smallest absolute Gasteiger partial charge is 0.129 e. The number of ether oxygens (including phenoxy) is 1. The topological polar surface area (TPSA) is 35.2 Å². The lowest BCUT2D eigenvalue weighted by Crippen LogP contribution is -2.17. The number of nitrogens with two attached hydrogens (primary N) is 1. The van der Waals surface area contributed by atoms with Crippen molar-refractivity contribution in [1.29, 1.82) is 0 Å². The predicted octanol–water partition coefficient (Wildman–Crippen LogP) is 3.29. The Bertz CT molecular complexity index is 523. The second-order valence-electron chi connectivity index (χ2n) is 4.71. The normalized spacial score (nSPS) is 12.2. The van der Waals surface area contributed by atoms with Crippen LogP contribution in [-0.4, -0.2) is 6.04 Å². The van der Waals surface area contributed by atoms with Crippen LogP contribution in [0.4, 0.5) is 4.39 Å². The molecule has 0 aliphatic heterocycles. The van der Waals surface area contributed by atoms with Gasteiger partial charge in [-0.15, -0.1) is 0 Å². The molecule has 2 rings (SSSR count). The molecule has 1 unspecified atom stereocenters. The van der Waals surface area contributed by atoms with Gasteiger partial charge in [-0.1, -0.05) is 30.3 Å². The van der Waals surface area contributed by atoms with Gasteiger partial charge in [-0.2, -0.15) is 0 Å². The van der Waals surface area contributed by atoms with Crippen molar-refractivity contribution in [3.8, 4) is 5.75 Å². The summed E-state index contributed by atoms with van der Waals surface area (Å²) < 4.78 is 19.0. The maximum atomic E-state index is 13.4. The lowest BCUT2D eigenvalue weighted by molar-refractivity contribution is 0.300. The zero-order valence-corrected chi connectivity index (χ0v) is 11.0. The summed E-state index contributed by atoms with van der Waals surface area (Å²) >= 11 is 0. The standard InChI is InChI=1S/C16H18FNO/c1-12(18)10-13-6-8-15(9-7-13)19-11-14-4-2-3-5-16(14)17/h2-9,12H,10-11,18H2,1H3. The third-order valence-corrected chi connectivity index (χ3v) is 2.83. The molecule has 100 valence electrons. The van der Waals surface area contributed by atoms with Gasteiger partial charge in [-0.3, -0.25) is 0 Å². The Morgan fingerprint density at radius 2 is 1.79 bits per heavy atom. The Labute approximate surface area is 113 Å². The van der Waals surface area contributed by atoms with E-state index in [9.17, 15) is 4.39 Å². The van der Waals surface area contributed by atoms with Crippen molar-refractivity contribution < 1.29 is 9.13 Å². The van der Waals surface area contributed by atoms with Gasteiger partial charge >= 0.3 is 0 Å². The van der Waals surface area contributed by atoms with E-state index >= 15 is 0 Å². The molecule has 0 aromatic heterocycles. The molecule has 2 aromatic carbocycles. The predicted molar refractivity (Wildman–Crippen MR) is 74.5 cm³/mol. The van der Waals surface area contributed by atoms with Gasteiger partial charge in [0.2, 0.25) is 0 Å². The SMILES string of the molecule is CC(N)Cc1ccc(OCc2ccccc2F)cc1. The molecule has 0 bridgehead atoms. The van der Waals surface area contributed by atoms with Crippen LogP contribution in [0, 0.1) is 5.82 Å². The fraction of sp³-hybridized carbons (Fsp3) is 0.250. The molecule has 0 aliphatic carbocycles. The molecule has 0 saturated heterocycles. The van der Waals surface area contributed by atoms with Crippen molar-refractivity contribution in [3.63, 3.8) is 0 Å². The third kappa shape index (κ3) is 4.07.